The minimum absolute atomic E-state index is 0.463. The predicted octanol–water partition coefficient (Wildman–Crippen LogP) is 2.54. The molecule has 0 aliphatic heterocycles. The molecule has 1 atom stereocenters. The number of hydrogen-bond donors (Lipinski definition) is 2. The molecular weight excluding hydrogens is 306 g/mol. The average molecular weight is 331 g/mol. The third-order valence-corrected chi connectivity index (χ3v) is 4.37. The lowest BCUT2D eigenvalue weighted by molar-refractivity contribution is 0.597. The molecule has 2 N–H and O–H groups in total. The zero-order valence-electron chi connectivity index (χ0n) is 14.0. The van der Waals surface area contributed by atoms with E-state index in [2.05, 4.69) is 51.9 Å². The van der Waals surface area contributed by atoms with Crippen LogP contribution in [0.5, 0.6) is 0 Å². The lowest BCUT2D eigenvalue weighted by Crippen LogP contribution is -2.41. The summed E-state index contributed by atoms with van der Waals surface area (Å²) in [6.45, 7) is 6.73. The summed E-state index contributed by atoms with van der Waals surface area (Å²) in [6, 6.07) is 10.5. The molecule has 1 aromatic heterocycles. The fourth-order valence-electron chi connectivity index (χ4n) is 2.11. The summed E-state index contributed by atoms with van der Waals surface area (Å²) in [4.78, 5) is 5.55. The molecule has 0 radical (unpaired) electrons. The van der Waals surface area contributed by atoms with E-state index in [1.807, 2.05) is 41.8 Å². The highest BCUT2D eigenvalue weighted by molar-refractivity contribution is 8.00. The highest BCUT2D eigenvalue weighted by Crippen LogP contribution is 2.21. The predicted molar refractivity (Wildman–Crippen MR) is 98.1 cm³/mol. The fraction of sp³-hybridized carbons (Fsp3) is 0.412. The van der Waals surface area contributed by atoms with Crippen LogP contribution < -0.4 is 10.6 Å². The number of nitrogens with one attached hydrogen (secondary N) is 2. The largest absolute Gasteiger partial charge is 0.355 e. The van der Waals surface area contributed by atoms with E-state index >= 15 is 0 Å². The summed E-state index contributed by atoms with van der Waals surface area (Å²) in [5.74, 6) is 0.828. The van der Waals surface area contributed by atoms with Gasteiger partial charge in [0.1, 0.15) is 0 Å². The molecule has 5 nitrogen and oxygen atoms in total. The van der Waals surface area contributed by atoms with E-state index in [4.69, 9.17) is 0 Å². The zero-order valence-corrected chi connectivity index (χ0v) is 14.8. The van der Waals surface area contributed by atoms with Gasteiger partial charge in [0, 0.05) is 36.5 Å². The van der Waals surface area contributed by atoms with Crippen LogP contribution in [0.4, 0.5) is 0 Å². The molecule has 0 fully saturated rings. The maximum atomic E-state index is 4.27. The van der Waals surface area contributed by atoms with Crippen LogP contribution in [0.15, 0.2) is 52.6 Å². The third kappa shape index (κ3) is 6.36. The molecule has 0 saturated heterocycles. The molecule has 1 heterocycles. The number of aryl methyl sites for hydroxylation is 1. The van der Waals surface area contributed by atoms with Crippen LogP contribution in [-0.2, 0) is 6.54 Å². The van der Waals surface area contributed by atoms with Crippen LogP contribution in [0.1, 0.15) is 12.5 Å². The molecule has 0 saturated carbocycles. The quantitative estimate of drug-likeness (QED) is 0.465. The van der Waals surface area contributed by atoms with Gasteiger partial charge in [-0.2, -0.15) is 5.10 Å². The van der Waals surface area contributed by atoms with Crippen molar-refractivity contribution in [3.63, 3.8) is 0 Å². The highest BCUT2D eigenvalue weighted by atomic mass is 32.2. The second kappa shape index (κ2) is 9.25. The van der Waals surface area contributed by atoms with Crippen LogP contribution in [0.2, 0.25) is 0 Å². The summed E-state index contributed by atoms with van der Waals surface area (Å²) >= 11 is 1.86. The van der Waals surface area contributed by atoms with Crippen molar-refractivity contribution in [3.8, 4) is 0 Å². The Kier molecular flexibility index (Phi) is 7.00. The highest BCUT2D eigenvalue weighted by Gasteiger charge is 2.05. The van der Waals surface area contributed by atoms with E-state index in [0.29, 0.717) is 5.25 Å². The van der Waals surface area contributed by atoms with Crippen LogP contribution in [0.25, 0.3) is 0 Å². The molecule has 0 spiro atoms. The Bertz CT molecular complexity index is 608. The van der Waals surface area contributed by atoms with Crippen molar-refractivity contribution >= 4 is 17.7 Å². The topological polar surface area (TPSA) is 54.2 Å². The molecule has 0 aliphatic carbocycles. The summed E-state index contributed by atoms with van der Waals surface area (Å²) in [7, 11) is 1.79. The molecule has 1 aromatic carbocycles. The van der Waals surface area contributed by atoms with Crippen LogP contribution >= 0.6 is 11.8 Å². The van der Waals surface area contributed by atoms with Gasteiger partial charge in [-0.05, 0) is 24.6 Å². The van der Waals surface area contributed by atoms with Crippen LogP contribution in [0.3, 0.4) is 0 Å². The van der Waals surface area contributed by atoms with Gasteiger partial charge in [-0.25, -0.2) is 0 Å². The minimum Gasteiger partial charge on any atom is -0.355 e. The number of aromatic nitrogens is 2. The first-order chi connectivity index (χ1) is 11.2. The van der Waals surface area contributed by atoms with Gasteiger partial charge < -0.3 is 10.6 Å². The fourth-order valence-corrected chi connectivity index (χ4v) is 3.06. The van der Waals surface area contributed by atoms with Crippen molar-refractivity contribution in [3.05, 3.63) is 48.3 Å². The lowest BCUT2D eigenvalue weighted by Gasteiger charge is -2.16. The van der Waals surface area contributed by atoms with Gasteiger partial charge >= 0.3 is 0 Å². The number of thioether (sulfide) groups is 1. The standard InChI is InChI=1S/C17H25N5S/c1-14-11-21-22(13-14)10-9-19-17(18-3)20-12-15(2)23-16-7-5-4-6-8-16/h4-8,11,13,15H,9-10,12H2,1-3H3,(H2,18,19,20). The SMILES string of the molecule is CN=C(NCCn1cc(C)cn1)NCC(C)Sc1ccccc1. The zero-order chi connectivity index (χ0) is 16.5. The monoisotopic (exact) mass is 331 g/mol. The Labute approximate surface area is 142 Å². The molecule has 6 heteroatoms. The van der Waals surface area contributed by atoms with Crippen molar-refractivity contribution in [1.82, 2.24) is 20.4 Å². The molecule has 2 aromatic rings. The van der Waals surface area contributed by atoms with Crippen molar-refractivity contribution in [2.75, 3.05) is 20.1 Å². The van der Waals surface area contributed by atoms with Gasteiger partial charge in [-0.3, -0.25) is 9.67 Å². The number of nitrogens with zero attached hydrogens (tertiary/aromatic N) is 3. The second-order valence-corrected chi connectivity index (χ2v) is 6.91. The molecule has 1 unspecified atom stereocenters. The summed E-state index contributed by atoms with van der Waals surface area (Å²) < 4.78 is 1.93. The smallest absolute Gasteiger partial charge is 0.191 e. The van der Waals surface area contributed by atoms with Crippen molar-refractivity contribution < 1.29 is 0 Å². The van der Waals surface area contributed by atoms with E-state index < -0.39 is 0 Å². The van der Waals surface area contributed by atoms with Gasteiger partial charge in [-0.1, -0.05) is 25.1 Å². The lowest BCUT2D eigenvalue weighted by atomic mass is 10.4. The van der Waals surface area contributed by atoms with E-state index in [1.54, 1.807) is 7.05 Å². The molecule has 0 amide bonds. The minimum atomic E-state index is 0.463. The van der Waals surface area contributed by atoms with E-state index in [-0.39, 0.29) is 0 Å². The molecule has 0 aliphatic rings. The Morgan fingerprint density at radius 2 is 2.09 bits per heavy atom. The van der Waals surface area contributed by atoms with E-state index in [9.17, 15) is 0 Å². The molecule has 0 bridgehead atoms. The number of rotatable bonds is 7. The maximum absolute atomic E-state index is 4.27. The van der Waals surface area contributed by atoms with Crippen molar-refractivity contribution in [1.29, 1.82) is 0 Å². The van der Waals surface area contributed by atoms with Gasteiger partial charge in [-0.15, -0.1) is 11.8 Å². The van der Waals surface area contributed by atoms with Crippen LogP contribution in [0, 0.1) is 6.92 Å². The normalized spacial score (nSPS) is 12.9. The Morgan fingerprint density at radius 1 is 1.30 bits per heavy atom. The Hall–Kier alpha value is -1.95. The van der Waals surface area contributed by atoms with Gasteiger partial charge in [0.25, 0.3) is 0 Å². The van der Waals surface area contributed by atoms with Gasteiger partial charge in [0.2, 0.25) is 0 Å². The van der Waals surface area contributed by atoms with E-state index in [1.165, 1.54) is 10.5 Å². The number of benzene rings is 1. The first kappa shape index (κ1) is 17.4. The molecule has 124 valence electrons. The number of aliphatic imine (C=N–C) groups is 1. The molecule has 23 heavy (non-hydrogen) atoms. The first-order valence-corrected chi connectivity index (χ1v) is 8.70. The first-order valence-electron chi connectivity index (χ1n) is 7.82. The summed E-state index contributed by atoms with van der Waals surface area (Å²) in [5, 5.41) is 11.4. The molecule has 2 rings (SSSR count). The van der Waals surface area contributed by atoms with Gasteiger partial charge in [0.05, 0.1) is 12.7 Å². The number of hydrogen-bond acceptors (Lipinski definition) is 3. The van der Waals surface area contributed by atoms with Crippen LogP contribution in [-0.4, -0.2) is 41.1 Å². The summed E-state index contributed by atoms with van der Waals surface area (Å²) in [6.07, 6.45) is 3.91. The molecular formula is C17H25N5S. The van der Waals surface area contributed by atoms with E-state index in [0.717, 1.165) is 25.6 Å². The Balaban J connectivity index is 1.68. The van der Waals surface area contributed by atoms with Gasteiger partial charge in [0.15, 0.2) is 5.96 Å². The summed E-state index contributed by atoms with van der Waals surface area (Å²) in [5.41, 5.74) is 1.18. The average Bonchev–Trinajstić information content (AvgIpc) is 2.97. The maximum Gasteiger partial charge on any atom is 0.191 e. The second-order valence-electron chi connectivity index (χ2n) is 5.40. The number of guanidine groups is 1. The Morgan fingerprint density at radius 3 is 2.74 bits per heavy atom. The third-order valence-electron chi connectivity index (χ3n) is 3.26. The van der Waals surface area contributed by atoms with Crippen molar-refractivity contribution in [2.45, 2.75) is 30.5 Å². The van der Waals surface area contributed by atoms with Crippen molar-refractivity contribution in [2.24, 2.45) is 4.99 Å².